The van der Waals surface area contributed by atoms with Crippen LogP contribution in [0.1, 0.15) is 44.8 Å². The number of rotatable bonds is 1. The molecule has 0 saturated carbocycles. The first-order valence-electron chi connectivity index (χ1n) is 5.10. The first-order valence-corrected chi connectivity index (χ1v) is 5.10. The highest BCUT2D eigenvalue weighted by Gasteiger charge is 2.20. The number of aromatic nitrogens is 3. The van der Waals surface area contributed by atoms with E-state index in [-0.39, 0.29) is 0 Å². The second-order valence-electron chi connectivity index (χ2n) is 4.38. The van der Waals surface area contributed by atoms with Crippen molar-refractivity contribution in [1.29, 1.82) is 0 Å². The second kappa shape index (κ2) is 3.13. The van der Waals surface area contributed by atoms with E-state index in [9.17, 15) is 0 Å². The molecule has 72 valence electrons. The van der Waals surface area contributed by atoms with Gasteiger partial charge in [-0.25, -0.2) is 0 Å². The molecule has 0 spiro atoms. The van der Waals surface area contributed by atoms with E-state index in [1.807, 2.05) is 0 Å². The quantitative estimate of drug-likeness (QED) is 0.660. The summed E-state index contributed by atoms with van der Waals surface area (Å²) < 4.78 is 2.30. The molecule has 1 unspecified atom stereocenters. The number of hydrogen-bond donors (Lipinski definition) is 0. The first-order chi connectivity index (χ1) is 6.18. The SMILES string of the molecule is CC1CCc2nnc(C(C)C)n2C1. The lowest BCUT2D eigenvalue weighted by Crippen LogP contribution is -2.20. The molecule has 0 radical (unpaired) electrons. The minimum atomic E-state index is 0.492. The van der Waals surface area contributed by atoms with Gasteiger partial charge in [-0.15, -0.1) is 10.2 Å². The summed E-state index contributed by atoms with van der Waals surface area (Å²) in [5.74, 6) is 3.61. The van der Waals surface area contributed by atoms with Crippen molar-refractivity contribution in [1.82, 2.24) is 14.8 Å². The standard InChI is InChI=1S/C10H17N3/c1-7(2)10-12-11-9-5-4-8(3)6-13(9)10/h7-8H,4-6H2,1-3H3. The minimum Gasteiger partial charge on any atom is -0.315 e. The Morgan fingerprint density at radius 3 is 2.85 bits per heavy atom. The molecule has 0 fully saturated rings. The van der Waals surface area contributed by atoms with Gasteiger partial charge >= 0.3 is 0 Å². The summed E-state index contributed by atoms with van der Waals surface area (Å²) in [7, 11) is 0. The van der Waals surface area contributed by atoms with Crippen molar-refractivity contribution in [3.05, 3.63) is 11.6 Å². The molecule has 1 atom stereocenters. The molecule has 1 aliphatic rings. The molecule has 3 heteroatoms. The maximum absolute atomic E-state index is 4.24. The third kappa shape index (κ3) is 1.47. The molecule has 0 amide bonds. The molecule has 13 heavy (non-hydrogen) atoms. The van der Waals surface area contributed by atoms with E-state index >= 15 is 0 Å². The molecule has 2 heterocycles. The zero-order chi connectivity index (χ0) is 9.42. The van der Waals surface area contributed by atoms with Crippen molar-refractivity contribution in [3.8, 4) is 0 Å². The van der Waals surface area contributed by atoms with E-state index < -0.39 is 0 Å². The van der Waals surface area contributed by atoms with Crippen molar-refractivity contribution in [2.45, 2.75) is 46.1 Å². The molecule has 1 aliphatic heterocycles. The predicted octanol–water partition coefficient (Wildman–Crippen LogP) is 1.98. The highest BCUT2D eigenvalue weighted by molar-refractivity contribution is 5.02. The Balaban J connectivity index is 2.35. The third-order valence-corrected chi connectivity index (χ3v) is 2.73. The second-order valence-corrected chi connectivity index (χ2v) is 4.38. The number of fused-ring (bicyclic) bond motifs is 1. The Kier molecular flexibility index (Phi) is 2.10. The van der Waals surface area contributed by atoms with Gasteiger partial charge in [0.1, 0.15) is 11.6 Å². The maximum Gasteiger partial charge on any atom is 0.135 e. The van der Waals surface area contributed by atoms with Gasteiger partial charge in [0.2, 0.25) is 0 Å². The Morgan fingerprint density at radius 1 is 1.38 bits per heavy atom. The summed E-state index contributed by atoms with van der Waals surface area (Å²) in [5, 5.41) is 8.47. The van der Waals surface area contributed by atoms with Gasteiger partial charge in [-0.2, -0.15) is 0 Å². The van der Waals surface area contributed by atoms with Crippen molar-refractivity contribution in [2.75, 3.05) is 0 Å². The van der Waals surface area contributed by atoms with Crippen LogP contribution in [0.5, 0.6) is 0 Å². The molecule has 0 N–H and O–H groups in total. The van der Waals surface area contributed by atoms with Crippen LogP contribution in [0.25, 0.3) is 0 Å². The largest absolute Gasteiger partial charge is 0.315 e. The lowest BCUT2D eigenvalue weighted by molar-refractivity contribution is 0.383. The molecule has 3 nitrogen and oxygen atoms in total. The summed E-state index contributed by atoms with van der Waals surface area (Å²) in [5.41, 5.74) is 0. The van der Waals surface area contributed by atoms with E-state index in [1.54, 1.807) is 0 Å². The van der Waals surface area contributed by atoms with Crippen LogP contribution in [0, 0.1) is 5.92 Å². The molecular formula is C10H17N3. The fourth-order valence-electron chi connectivity index (χ4n) is 1.94. The van der Waals surface area contributed by atoms with Gasteiger partial charge in [-0.3, -0.25) is 0 Å². The Labute approximate surface area is 79.2 Å². The molecule has 0 aromatic carbocycles. The van der Waals surface area contributed by atoms with Gasteiger partial charge in [0, 0.05) is 18.9 Å². The summed E-state index contributed by atoms with van der Waals surface area (Å²) >= 11 is 0. The zero-order valence-electron chi connectivity index (χ0n) is 8.62. The molecule has 1 aromatic rings. The van der Waals surface area contributed by atoms with Crippen LogP contribution in [-0.4, -0.2) is 14.8 Å². The lowest BCUT2D eigenvalue weighted by Gasteiger charge is -2.21. The third-order valence-electron chi connectivity index (χ3n) is 2.73. The topological polar surface area (TPSA) is 30.7 Å². The van der Waals surface area contributed by atoms with Gasteiger partial charge < -0.3 is 4.57 Å². The van der Waals surface area contributed by atoms with Gasteiger partial charge in [-0.05, 0) is 12.3 Å². The van der Waals surface area contributed by atoms with Crippen molar-refractivity contribution >= 4 is 0 Å². The van der Waals surface area contributed by atoms with Gasteiger partial charge in [-0.1, -0.05) is 20.8 Å². The fourth-order valence-corrected chi connectivity index (χ4v) is 1.94. The zero-order valence-corrected chi connectivity index (χ0v) is 8.62. The maximum atomic E-state index is 4.24. The van der Waals surface area contributed by atoms with Crippen LogP contribution in [0.4, 0.5) is 0 Å². The van der Waals surface area contributed by atoms with Crippen molar-refractivity contribution in [3.63, 3.8) is 0 Å². The van der Waals surface area contributed by atoms with E-state index in [1.165, 1.54) is 12.2 Å². The normalized spacial score (nSPS) is 22.0. The highest BCUT2D eigenvalue weighted by Crippen LogP contribution is 2.22. The summed E-state index contributed by atoms with van der Waals surface area (Å²) in [6, 6.07) is 0. The first kappa shape index (κ1) is 8.73. The Hall–Kier alpha value is -0.860. The van der Waals surface area contributed by atoms with E-state index in [4.69, 9.17) is 0 Å². The monoisotopic (exact) mass is 179 g/mol. The lowest BCUT2D eigenvalue weighted by atomic mass is 10.0. The van der Waals surface area contributed by atoms with Gasteiger partial charge in [0.15, 0.2) is 0 Å². The average Bonchev–Trinajstić information content (AvgIpc) is 2.46. The average molecular weight is 179 g/mol. The van der Waals surface area contributed by atoms with Crippen LogP contribution >= 0.6 is 0 Å². The van der Waals surface area contributed by atoms with Crippen LogP contribution < -0.4 is 0 Å². The van der Waals surface area contributed by atoms with Crippen molar-refractivity contribution < 1.29 is 0 Å². The smallest absolute Gasteiger partial charge is 0.135 e. The van der Waals surface area contributed by atoms with Crippen molar-refractivity contribution in [2.24, 2.45) is 5.92 Å². The van der Waals surface area contributed by atoms with Crippen LogP contribution in [0.2, 0.25) is 0 Å². The fraction of sp³-hybridized carbons (Fsp3) is 0.800. The number of hydrogen-bond acceptors (Lipinski definition) is 2. The predicted molar refractivity (Wildman–Crippen MR) is 51.6 cm³/mol. The van der Waals surface area contributed by atoms with E-state index in [2.05, 4.69) is 35.5 Å². The molecule has 2 rings (SSSR count). The minimum absolute atomic E-state index is 0.492. The van der Waals surface area contributed by atoms with Gasteiger partial charge in [0.25, 0.3) is 0 Å². The molecule has 1 aromatic heterocycles. The molecule has 0 saturated heterocycles. The van der Waals surface area contributed by atoms with E-state index in [0.29, 0.717) is 5.92 Å². The molecule has 0 aliphatic carbocycles. The number of aryl methyl sites for hydroxylation is 1. The highest BCUT2D eigenvalue weighted by atomic mass is 15.3. The van der Waals surface area contributed by atoms with E-state index in [0.717, 1.165) is 24.7 Å². The number of nitrogens with zero attached hydrogens (tertiary/aromatic N) is 3. The molecule has 0 bridgehead atoms. The Bertz CT molecular complexity index is 301. The summed E-state index contributed by atoms with van der Waals surface area (Å²) in [4.78, 5) is 0. The van der Waals surface area contributed by atoms with Gasteiger partial charge in [0.05, 0.1) is 0 Å². The Morgan fingerprint density at radius 2 is 2.15 bits per heavy atom. The molecular weight excluding hydrogens is 162 g/mol. The summed E-state index contributed by atoms with van der Waals surface area (Å²) in [6.07, 6.45) is 2.36. The summed E-state index contributed by atoms with van der Waals surface area (Å²) in [6.45, 7) is 7.76. The van der Waals surface area contributed by atoms with Crippen LogP contribution in [0.3, 0.4) is 0 Å². The van der Waals surface area contributed by atoms with Crippen LogP contribution in [0.15, 0.2) is 0 Å². The van der Waals surface area contributed by atoms with Crippen LogP contribution in [-0.2, 0) is 13.0 Å².